The van der Waals surface area contributed by atoms with Crippen LogP contribution in [0.2, 0.25) is 0 Å². The fraction of sp³-hybridized carbons (Fsp3) is 0.167. The molecule has 0 saturated heterocycles. The van der Waals surface area contributed by atoms with Crippen LogP contribution in [0.1, 0.15) is 17.8 Å². The monoisotopic (exact) mass is 326 g/mol. The first kappa shape index (κ1) is 15.5. The van der Waals surface area contributed by atoms with Gasteiger partial charge in [0, 0.05) is 6.42 Å². The van der Waals surface area contributed by atoms with Gasteiger partial charge in [0.25, 0.3) is 0 Å². The van der Waals surface area contributed by atoms with Crippen LogP contribution in [0.3, 0.4) is 0 Å². The highest BCUT2D eigenvalue weighted by molar-refractivity contribution is 7.91. The molecular weight excluding hydrogens is 308 g/mol. The van der Waals surface area contributed by atoms with Crippen molar-refractivity contribution in [2.24, 2.45) is 0 Å². The first-order valence-corrected chi connectivity index (χ1v) is 8.91. The molecule has 3 aromatic rings. The number of sulfone groups is 1. The lowest BCUT2D eigenvalue weighted by Gasteiger charge is -2.05. The van der Waals surface area contributed by atoms with Crippen molar-refractivity contribution < 1.29 is 8.42 Å². The third kappa shape index (κ3) is 2.92. The molecule has 2 aromatic carbocycles. The molecule has 118 valence electrons. The highest BCUT2D eigenvalue weighted by Crippen LogP contribution is 2.27. The minimum Gasteiger partial charge on any atom is -0.342 e. The lowest BCUT2D eigenvalue weighted by atomic mass is 10.2. The maximum Gasteiger partial charge on any atom is 0.208 e. The number of hydrogen-bond donors (Lipinski definition) is 1. The van der Waals surface area contributed by atoms with Gasteiger partial charge >= 0.3 is 0 Å². The number of imidazole rings is 1. The van der Waals surface area contributed by atoms with Crippen LogP contribution < -0.4 is 0 Å². The maximum atomic E-state index is 12.9. The summed E-state index contributed by atoms with van der Waals surface area (Å²) in [6, 6.07) is 12.0. The zero-order valence-electron chi connectivity index (χ0n) is 12.9. The normalized spacial score (nSPS) is 11.7. The molecule has 1 aromatic heterocycles. The Kier molecular flexibility index (Phi) is 4.05. The molecule has 0 saturated carbocycles. The summed E-state index contributed by atoms with van der Waals surface area (Å²) in [4.78, 5) is 8.18. The van der Waals surface area contributed by atoms with Crippen LogP contribution in [0.15, 0.2) is 64.9 Å². The van der Waals surface area contributed by atoms with E-state index in [1.807, 2.05) is 19.1 Å². The lowest BCUT2D eigenvalue weighted by Crippen LogP contribution is -2.03. The predicted molar refractivity (Wildman–Crippen MR) is 91.2 cm³/mol. The summed E-state index contributed by atoms with van der Waals surface area (Å²) in [6.45, 7) is 5.62. The molecule has 0 fully saturated rings. The van der Waals surface area contributed by atoms with E-state index in [0.29, 0.717) is 11.9 Å². The molecule has 0 spiro atoms. The summed E-state index contributed by atoms with van der Waals surface area (Å²) < 4.78 is 25.8. The average Bonchev–Trinajstić information content (AvgIpc) is 2.96. The number of aromatic nitrogens is 2. The quantitative estimate of drug-likeness (QED) is 0.725. The third-order valence-corrected chi connectivity index (χ3v) is 5.53. The van der Waals surface area contributed by atoms with E-state index >= 15 is 0 Å². The van der Waals surface area contributed by atoms with Crippen LogP contribution >= 0.6 is 0 Å². The summed E-state index contributed by atoms with van der Waals surface area (Å²) >= 11 is 0. The molecule has 1 heterocycles. The van der Waals surface area contributed by atoms with Crippen molar-refractivity contribution >= 4 is 20.9 Å². The Morgan fingerprint density at radius 2 is 1.91 bits per heavy atom. The van der Waals surface area contributed by atoms with Gasteiger partial charge in [-0.05, 0) is 37.6 Å². The van der Waals surface area contributed by atoms with E-state index in [1.165, 1.54) is 0 Å². The largest absolute Gasteiger partial charge is 0.342 e. The van der Waals surface area contributed by atoms with Crippen LogP contribution in [-0.2, 0) is 16.3 Å². The van der Waals surface area contributed by atoms with Crippen molar-refractivity contribution in [3.05, 3.63) is 66.5 Å². The predicted octanol–water partition coefficient (Wildman–Crippen LogP) is 3.82. The molecule has 0 amide bonds. The SMILES string of the molecule is C=CCCc1nc2c(S(=O)(=O)c3ccc(C)cc3)cccc2[nH]1. The van der Waals surface area contributed by atoms with Crippen molar-refractivity contribution in [2.45, 2.75) is 29.6 Å². The van der Waals surface area contributed by atoms with Crippen LogP contribution in [0.4, 0.5) is 0 Å². The Hall–Kier alpha value is -2.40. The molecule has 0 aliphatic heterocycles. The van der Waals surface area contributed by atoms with Crippen molar-refractivity contribution in [3.63, 3.8) is 0 Å². The fourth-order valence-corrected chi connectivity index (χ4v) is 3.89. The lowest BCUT2D eigenvalue weighted by molar-refractivity contribution is 0.597. The van der Waals surface area contributed by atoms with E-state index in [4.69, 9.17) is 0 Å². The van der Waals surface area contributed by atoms with E-state index < -0.39 is 9.84 Å². The average molecular weight is 326 g/mol. The van der Waals surface area contributed by atoms with E-state index in [0.717, 1.165) is 23.3 Å². The Morgan fingerprint density at radius 1 is 1.17 bits per heavy atom. The summed E-state index contributed by atoms with van der Waals surface area (Å²) in [5.74, 6) is 0.770. The minimum absolute atomic E-state index is 0.236. The van der Waals surface area contributed by atoms with Crippen LogP contribution in [-0.4, -0.2) is 18.4 Å². The van der Waals surface area contributed by atoms with Gasteiger partial charge in [-0.1, -0.05) is 29.8 Å². The van der Waals surface area contributed by atoms with Gasteiger partial charge < -0.3 is 4.98 Å². The molecule has 0 radical (unpaired) electrons. The molecule has 23 heavy (non-hydrogen) atoms. The van der Waals surface area contributed by atoms with E-state index in [9.17, 15) is 8.42 Å². The number of nitrogens with one attached hydrogen (secondary N) is 1. The highest BCUT2D eigenvalue weighted by atomic mass is 32.2. The van der Waals surface area contributed by atoms with Crippen molar-refractivity contribution in [1.82, 2.24) is 9.97 Å². The first-order chi connectivity index (χ1) is 11.0. The van der Waals surface area contributed by atoms with Crippen molar-refractivity contribution in [3.8, 4) is 0 Å². The number of hydrogen-bond acceptors (Lipinski definition) is 3. The number of nitrogens with zero attached hydrogens (tertiary/aromatic N) is 1. The zero-order valence-corrected chi connectivity index (χ0v) is 13.7. The zero-order chi connectivity index (χ0) is 16.4. The van der Waals surface area contributed by atoms with Crippen LogP contribution in [0.25, 0.3) is 11.0 Å². The number of fused-ring (bicyclic) bond motifs is 1. The van der Waals surface area contributed by atoms with Gasteiger partial charge in [0.05, 0.1) is 15.3 Å². The molecule has 0 aliphatic carbocycles. The Bertz CT molecular complexity index is 954. The molecule has 4 nitrogen and oxygen atoms in total. The molecular formula is C18H18N2O2S. The van der Waals surface area contributed by atoms with Crippen LogP contribution in [0, 0.1) is 6.92 Å². The Balaban J connectivity index is 2.13. The molecule has 1 N–H and O–H groups in total. The Morgan fingerprint density at radius 3 is 2.61 bits per heavy atom. The van der Waals surface area contributed by atoms with Gasteiger partial charge in [0.1, 0.15) is 11.3 Å². The smallest absolute Gasteiger partial charge is 0.208 e. The van der Waals surface area contributed by atoms with E-state index in [-0.39, 0.29) is 9.79 Å². The fourth-order valence-electron chi connectivity index (χ4n) is 2.48. The second-order valence-corrected chi connectivity index (χ2v) is 7.40. The summed E-state index contributed by atoms with van der Waals surface area (Å²) in [5.41, 5.74) is 2.25. The number of aryl methyl sites for hydroxylation is 2. The molecule has 0 atom stereocenters. The van der Waals surface area contributed by atoms with Gasteiger partial charge in [-0.2, -0.15) is 0 Å². The number of benzene rings is 2. The highest BCUT2D eigenvalue weighted by Gasteiger charge is 2.22. The van der Waals surface area contributed by atoms with Crippen molar-refractivity contribution in [2.75, 3.05) is 0 Å². The maximum absolute atomic E-state index is 12.9. The Labute approximate surface area is 135 Å². The minimum atomic E-state index is -3.59. The number of allylic oxidation sites excluding steroid dienone is 1. The van der Waals surface area contributed by atoms with Gasteiger partial charge in [-0.3, -0.25) is 0 Å². The van der Waals surface area contributed by atoms with Gasteiger partial charge in [-0.15, -0.1) is 6.58 Å². The van der Waals surface area contributed by atoms with Gasteiger partial charge in [-0.25, -0.2) is 13.4 Å². The number of rotatable bonds is 5. The summed E-state index contributed by atoms with van der Waals surface area (Å²) in [6.07, 6.45) is 3.32. The second kappa shape index (κ2) is 6.01. The van der Waals surface area contributed by atoms with E-state index in [1.54, 1.807) is 36.4 Å². The molecule has 0 aliphatic rings. The van der Waals surface area contributed by atoms with Gasteiger partial charge in [0.2, 0.25) is 9.84 Å². The second-order valence-electron chi connectivity index (χ2n) is 5.48. The summed E-state index contributed by atoms with van der Waals surface area (Å²) in [7, 11) is -3.59. The van der Waals surface area contributed by atoms with E-state index in [2.05, 4.69) is 16.5 Å². The standard InChI is InChI=1S/C18H18N2O2S/c1-3-4-8-17-19-15-6-5-7-16(18(15)20-17)23(21,22)14-11-9-13(2)10-12-14/h3,5-7,9-12H,1,4,8H2,2H3,(H,19,20). The number of aromatic amines is 1. The third-order valence-electron chi connectivity index (χ3n) is 3.73. The number of H-pyrrole nitrogens is 1. The van der Waals surface area contributed by atoms with Crippen molar-refractivity contribution in [1.29, 1.82) is 0 Å². The molecule has 0 bridgehead atoms. The topological polar surface area (TPSA) is 62.8 Å². The first-order valence-electron chi connectivity index (χ1n) is 7.42. The molecule has 0 unspecified atom stereocenters. The number of para-hydroxylation sites is 1. The molecule has 5 heteroatoms. The van der Waals surface area contributed by atoms with Gasteiger partial charge in [0.15, 0.2) is 0 Å². The molecule has 3 rings (SSSR count). The summed E-state index contributed by atoms with van der Waals surface area (Å²) in [5, 5.41) is 0. The van der Waals surface area contributed by atoms with Crippen LogP contribution in [0.5, 0.6) is 0 Å².